The first-order valence-electron chi connectivity index (χ1n) is 7.73. The highest BCUT2D eigenvalue weighted by atomic mass is 16.5. The van der Waals surface area contributed by atoms with Crippen molar-refractivity contribution >= 4 is 0 Å². The zero-order valence-electron chi connectivity index (χ0n) is 13.9. The van der Waals surface area contributed by atoms with E-state index in [1.807, 2.05) is 25.1 Å². The minimum absolute atomic E-state index is 0.0833. The minimum atomic E-state index is -0.411. The van der Waals surface area contributed by atoms with Gasteiger partial charge in [-0.25, -0.2) is 0 Å². The summed E-state index contributed by atoms with van der Waals surface area (Å²) in [6, 6.07) is 8.78. The monoisotopic (exact) mass is 324 g/mol. The first-order valence-corrected chi connectivity index (χ1v) is 7.73. The van der Waals surface area contributed by atoms with Crippen LogP contribution in [-0.4, -0.2) is 18.7 Å². The number of methoxy groups -OCH3 is 1. The number of pyridine rings is 1. The molecule has 0 saturated carbocycles. The molecular formula is C19H20N2O3. The zero-order chi connectivity index (χ0) is 17.5. The smallest absolute Gasteiger partial charge is 0.266 e. The number of benzene rings is 1. The fraction of sp³-hybridized carbons (Fsp3) is 0.263. The molecule has 0 aliphatic rings. The average molecular weight is 324 g/mol. The first kappa shape index (κ1) is 17.4. The van der Waals surface area contributed by atoms with Crippen LogP contribution < -0.4 is 15.0 Å². The summed E-state index contributed by atoms with van der Waals surface area (Å²) in [4.78, 5) is 14.7. The van der Waals surface area contributed by atoms with Gasteiger partial charge in [-0.3, -0.25) is 4.79 Å². The van der Waals surface area contributed by atoms with Crippen LogP contribution in [-0.2, 0) is 6.42 Å². The van der Waals surface area contributed by atoms with Crippen molar-refractivity contribution in [2.75, 3.05) is 13.7 Å². The van der Waals surface area contributed by atoms with Crippen LogP contribution in [0, 0.1) is 11.3 Å². The topological polar surface area (TPSA) is 75.1 Å². The fourth-order valence-electron chi connectivity index (χ4n) is 2.45. The lowest BCUT2D eigenvalue weighted by Crippen LogP contribution is -2.11. The SMILES string of the molecule is C=CCc1c(-c2ccc(C#N)c(=O)[nH]2)ccc(OC)c1OCCC. The molecule has 1 N–H and O–H groups in total. The summed E-state index contributed by atoms with van der Waals surface area (Å²) in [6.45, 7) is 6.39. The maximum atomic E-state index is 11.9. The van der Waals surface area contributed by atoms with Gasteiger partial charge in [0.05, 0.1) is 13.7 Å². The molecule has 1 aromatic carbocycles. The number of hydrogen-bond acceptors (Lipinski definition) is 4. The fourth-order valence-corrected chi connectivity index (χ4v) is 2.45. The molecule has 24 heavy (non-hydrogen) atoms. The Hall–Kier alpha value is -3.00. The molecule has 0 radical (unpaired) electrons. The van der Waals surface area contributed by atoms with E-state index < -0.39 is 5.56 Å². The van der Waals surface area contributed by atoms with E-state index in [2.05, 4.69) is 11.6 Å². The van der Waals surface area contributed by atoms with Gasteiger partial charge >= 0.3 is 0 Å². The molecule has 0 aliphatic heterocycles. The van der Waals surface area contributed by atoms with E-state index in [-0.39, 0.29) is 5.56 Å². The van der Waals surface area contributed by atoms with Crippen molar-refractivity contribution in [3.05, 3.63) is 58.4 Å². The summed E-state index contributed by atoms with van der Waals surface area (Å²) in [5.41, 5.74) is 2.01. The van der Waals surface area contributed by atoms with E-state index in [0.717, 1.165) is 17.5 Å². The minimum Gasteiger partial charge on any atom is -0.493 e. The Labute approximate surface area is 141 Å². The molecule has 0 unspecified atom stereocenters. The number of aromatic nitrogens is 1. The van der Waals surface area contributed by atoms with Gasteiger partial charge in [-0.15, -0.1) is 6.58 Å². The molecule has 5 heteroatoms. The van der Waals surface area contributed by atoms with E-state index in [0.29, 0.717) is 30.2 Å². The lowest BCUT2D eigenvalue weighted by molar-refractivity contribution is 0.292. The van der Waals surface area contributed by atoms with E-state index in [9.17, 15) is 4.79 Å². The third-order valence-corrected chi connectivity index (χ3v) is 3.56. The van der Waals surface area contributed by atoms with Crippen molar-refractivity contribution in [2.24, 2.45) is 0 Å². The number of ether oxygens (including phenoxy) is 2. The van der Waals surface area contributed by atoms with Gasteiger partial charge in [-0.05, 0) is 37.1 Å². The highest BCUT2D eigenvalue weighted by Gasteiger charge is 2.16. The van der Waals surface area contributed by atoms with Gasteiger partial charge in [-0.1, -0.05) is 13.0 Å². The highest BCUT2D eigenvalue weighted by Crippen LogP contribution is 2.38. The molecule has 2 aromatic rings. The molecule has 0 fully saturated rings. The van der Waals surface area contributed by atoms with E-state index in [1.165, 1.54) is 6.07 Å². The highest BCUT2D eigenvalue weighted by molar-refractivity contribution is 5.70. The molecular weight excluding hydrogens is 304 g/mol. The van der Waals surface area contributed by atoms with Gasteiger partial charge in [0.2, 0.25) is 0 Å². The Balaban J connectivity index is 2.65. The van der Waals surface area contributed by atoms with Gasteiger partial charge in [0.1, 0.15) is 11.6 Å². The normalized spacial score (nSPS) is 10.0. The van der Waals surface area contributed by atoms with Crippen molar-refractivity contribution in [1.29, 1.82) is 5.26 Å². The maximum Gasteiger partial charge on any atom is 0.266 e. The zero-order valence-corrected chi connectivity index (χ0v) is 13.9. The predicted molar refractivity (Wildman–Crippen MR) is 93.5 cm³/mol. The van der Waals surface area contributed by atoms with E-state index in [1.54, 1.807) is 19.3 Å². The summed E-state index contributed by atoms with van der Waals surface area (Å²) in [6.07, 6.45) is 3.21. The Morgan fingerprint density at radius 3 is 2.71 bits per heavy atom. The molecule has 0 amide bonds. The Kier molecular flexibility index (Phi) is 5.80. The second-order valence-corrected chi connectivity index (χ2v) is 5.19. The Morgan fingerprint density at radius 2 is 2.12 bits per heavy atom. The molecule has 1 heterocycles. The van der Waals surface area contributed by atoms with Crippen LogP contribution in [0.15, 0.2) is 41.7 Å². The van der Waals surface area contributed by atoms with Crippen LogP contribution in [0.1, 0.15) is 24.5 Å². The number of H-pyrrole nitrogens is 1. The van der Waals surface area contributed by atoms with Crippen molar-refractivity contribution in [1.82, 2.24) is 4.98 Å². The maximum absolute atomic E-state index is 11.9. The van der Waals surface area contributed by atoms with Gasteiger partial charge in [0, 0.05) is 16.8 Å². The largest absolute Gasteiger partial charge is 0.493 e. The van der Waals surface area contributed by atoms with Gasteiger partial charge < -0.3 is 14.5 Å². The quantitative estimate of drug-likeness (QED) is 0.792. The van der Waals surface area contributed by atoms with Gasteiger partial charge in [-0.2, -0.15) is 5.26 Å². The molecule has 124 valence electrons. The van der Waals surface area contributed by atoms with E-state index in [4.69, 9.17) is 14.7 Å². The van der Waals surface area contributed by atoms with Gasteiger partial charge in [0.25, 0.3) is 5.56 Å². The summed E-state index contributed by atoms with van der Waals surface area (Å²) in [7, 11) is 1.59. The van der Waals surface area contributed by atoms with Crippen molar-refractivity contribution < 1.29 is 9.47 Å². The number of rotatable bonds is 7. The second-order valence-electron chi connectivity index (χ2n) is 5.19. The predicted octanol–water partition coefficient (Wildman–Crippen LogP) is 3.44. The van der Waals surface area contributed by atoms with Crippen LogP contribution >= 0.6 is 0 Å². The number of allylic oxidation sites excluding steroid dienone is 1. The van der Waals surface area contributed by atoms with Crippen LogP contribution in [0.3, 0.4) is 0 Å². The Bertz CT molecular complexity index is 831. The molecule has 0 bridgehead atoms. The first-order chi connectivity index (χ1) is 11.7. The third-order valence-electron chi connectivity index (χ3n) is 3.56. The average Bonchev–Trinajstić information content (AvgIpc) is 2.60. The molecule has 0 saturated heterocycles. The summed E-state index contributed by atoms with van der Waals surface area (Å²) in [5, 5.41) is 8.91. The van der Waals surface area contributed by atoms with Crippen molar-refractivity contribution in [3.63, 3.8) is 0 Å². The lowest BCUT2D eigenvalue weighted by Gasteiger charge is -2.17. The molecule has 0 spiro atoms. The Morgan fingerprint density at radius 1 is 1.33 bits per heavy atom. The summed E-state index contributed by atoms with van der Waals surface area (Å²) < 4.78 is 11.3. The number of nitriles is 1. The standard InChI is InChI=1S/C19H20N2O3/c1-4-6-15-14(16-9-7-13(12-20)19(22)21-16)8-10-17(23-3)18(15)24-11-5-2/h4,7-10H,1,5-6,11H2,2-3H3,(H,21,22). The molecule has 0 atom stereocenters. The second kappa shape index (κ2) is 8.02. The van der Waals surface area contributed by atoms with Crippen LogP contribution in [0.25, 0.3) is 11.3 Å². The number of nitrogens with zero attached hydrogens (tertiary/aromatic N) is 1. The molecule has 2 rings (SSSR count). The van der Waals surface area contributed by atoms with Gasteiger partial charge in [0.15, 0.2) is 11.5 Å². The number of hydrogen-bond donors (Lipinski definition) is 1. The number of nitrogens with one attached hydrogen (secondary N) is 1. The van der Waals surface area contributed by atoms with Crippen LogP contribution in [0.2, 0.25) is 0 Å². The molecule has 1 aromatic heterocycles. The number of aromatic amines is 1. The summed E-state index contributed by atoms with van der Waals surface area (Å²) in [5.74, 6) is 1.29. The lowest BCUT2D eigenvalue weighted by atomic mass is 9.99. The van der Waals surface area contributed by atoms with Crippen LogP contribution in [0.5, 0.6) is 11.5 Å². The molecule has 0 aliphatic carbocycles. The van der Waals surface area contributed by atoms with Crippen molar-refractivity contribution in [3.8, 4) is 28.8 Å². The van der Waals surface area contributed by atoms with Crippen LogP contribution in [0.4, 0.5) is 0 Å². The molecule has 5 nitrogen and oxygen atoms in total. The summed E-state index contributed by atoms with van der Waals surface area (Å²) >= 11 is 0. The third kappa shape index (κ3) is 3.49. The van der Waals surface area contributed by atoms with Crippen molar-refractivity contribution in [2.45, 2.75) is 19.8 Å². The van der Waals surface area contributed by atoms with E-state index >= 15 is 0 Å².